The first-order valence-electron chi connectivity index (χ1n) is 3.98. The summed E-state index contributed by atoms with van der Waals surface area (Å²) in [5.74, 6) is -2.51. The van der Waals surface area contributed by atoms with Crippen LogP contribution in [0.15, 0.2) is 0 Å². The number of rotatable bonds is 2. The van der Waals surface area contributed by atoms with E-state index in [2.05, 4.69) is 4.74 Å². The predicted molar refractivity (Wildman–Crippen MR) is 45.9 cm³/mol. The third-order valence-corrected chi connectivity index (χ3v) is 1.17. The van der Waals surface area contributed by atoms with Crippen LogP contribution in [0.5, 0.6) is 0 Å². The van der Waals surface area contributed by atoms with Crippen molar-refractivity contribution in [3.05, 3.63) is 0 Å². The number of ether oxygens (including phenoxy) is 1. The normalized spacial score (nSPS) is 10.0. The van der Waals surface area contributed by atoms with Gasteiger partial charge >= 0.3 is 11.9 Å². The summed E-state index contributed by atoms with van der Waals surface area (Å²) in [7, 11) is 0. The molecule has 0 bridgehead atoms. The molecule has 0 atom stereocenters. The average Bonchev–Trinajstić information content (AvgIpc) is 1.81. The summed E-state index contributed by atoms with van der Waals surface area (Å²) in [5, 5.41) is 0. The molecule has 0 rings (SSSR count). The summed E-state index contributed by atoms with van der Waals surface area (Å²) in [5.41, 5.74) is -0.242. The Morgan fingerprint density at radius 2 is 1.57 bits per heavy atom. The van der Waals surface area contributed by atoms with Gasteiger partial charge in [0.15, 0.2) is 0 Å². The maximum absolute atomic E-state index is 11.0. The van der Waals surface area contributed by atoms with Crippen molar-refractivity contribution in [2.45, 2.75) is 34.1 Å². The molecule has 0 N–H and O–H groups in total. The zero-order chi connectivity index (χ0) is 10.6. The Morgan fingerprint density at radius 3 is 1.86 bits per heavy atom. The minimum Gasteiger partial charge on any atom is -0.387 e. The molecule has 14 heavy (non-hydrogen) atoms. The first kappa shape index (κ1) is 16.1. The molecule has 0 aromatic rings. The van der Waals surface area contributed by atoms with Gasteiger partial charge in [0.2, 0.25) is 5.78 Å². The number of carbonyl (C=O) groups excluding carboxylic acids is 3. The topological polar surface area (TPSA) is 60.4 Å². The fraction of sp³-hybridized carbons (Fsp3) is 0.667. The summed E-state index contributed by atoms with van der Waals surface area (Å²) in [6.07, 6.45) is 0.117. The molecule has 0 amide bonds. The van der Waals surface area contributed by atoms with Gasteiger partial charge in [-0.1, -0.05) is 20.8 Å². The summed E-state index contributed by atoms with van der Waals surface area (Å²) < 4.78 is 4.26. The van der Waals surface area contributed by atoms with E-state index in [0.29, 0.717) is 0 Å². The minimum absolute atomic E-state index is 0. The van der Waals surface area contributed by atoms with E-state index in [1.54, 1.807) is 0 Å². The van der Waals surface area contributed by atoms with Crippen LogP contribution in [0.3, 0.4) is 0 Å². The van der Waals surface area contributed by atoms with E-state index < -0.39 is 17.7 Å². The van der Waals surface area contributed by atoms with E-state index in [1.165, 1.54) is 0 Å². The fourth-order valence-electron chi connectivity index (χ4n) is 0.644. The van der Waals surface area contributed by atoms with Gasteiger partial charge in [-0.25, -0.2) is 4.79 Å². The second-order valence-electron chi connectivity index (χ2n) is 4.06. The number of hydrogen-bond acceptors (Lipinski definition) is 4. The van der Waals surface area contributed by atoms with E-state index in [9.17, 15) is 14.4 Å². The Bertz CT molecular complexity index is 240. The maximum Gasteiger partial charge on any atom is 0.381 e. The van der Waals surface area contributed by atoms with Gasteiger partial charge in [-0.3, -0.25) is 9.59 Å². The second kappa shape index (κ2) is 6.23. The molecule has 0 aliphatic heterocycles. The Hall–Kier alpha value is -0.307. The molecule has 0 fully saturated rings. The quantitative estimate of drug-likeness (QED) is 0.430. The minimum atomic E-state index is -1.09. The number of carbonyl (C=O) groups is 3. The maximum atomic E-state index is 11.0. The van der Waals surface area contributed by atoms with Crippen molar-refractivity contribution < 1.29 is 45.3 Å². The van der Waals surface area contributed by atoms with E-state index in [1.807, 2.05) is 20.8 Å². The molecular formula is C9H14O4Zr. The van der Waals surface area contributed by atoms with Gasteiger partial charge in [-0.15, -0.1) is 0 Å². The van der Waals surface area contributed by atoms with Gasteiger partial charge < -0.3 is 4.74 Å². The third-order valence-electron chi connectivity index (χ3n) is 1.17. The molecule has 4 nitrogen and oxygen atoms in total. The van der Waals surface area contributed by atoms with Crippen LogP contribution in [0.4, 0.5) is 0 Å². The van der Waals surface area contributed by atoms with Crippen LogP contribution in [0.1, 0.15) is 34.1 Å². The molecule has 0 aliphatic rings. The first-order chi connectivity index (χ1) is 5.72. The van der Waals surface area contributed by atoms with Gasteiger partial charge in [0.05, 0.1) is 6.42 Å². The van der Waals surface area contributed by atoms with Crippen LogP contribution in [-0.4, -0.2) is 17.7 Å². The fourth-order valence-corrected chi connectivity index (χ4v) is 0.644. The van der Waals surface area contributed by atoms with Crippen molar-refractivity contribution in [2.24, 2.45) is 5.41 Å². The van der Waals surface area contributed by atoms with E-state index >= 15 is 0 Å². The Morgan fingerprint density at radius 1 is 1.14 bits per heavy atom. The van der Waals surface area contributed by atoms with Crippen molar-refractivity contribution in [1.82, 2.24) is 0 Å². The molecule has 0 spiro atoms. The van der Waals surface area contributed by atoms with Gasteiger partial charge in [0, 0.05) is 33.1 Å². The Labute approximate surface area is 103 Å². The molecule has 78 valence electrons. The Balaban J connectivity index is 0. The zero-order valence-electron chi connectivity index (χ0n) is 8.84. The molecule has 5 heteroatoms. The van der Waals surface area contributed by atoms with Crippen molar-refractivity contribution in [1.29, 1.82) is 0 Å². The van der Waals surface area contributed by atoms with Crippen LogP contribution in [0.2, 0.25) is 0 Å². The zero-order valence-corrected chi connectivity index (χ0v) is 11.3. The smallest absolute Gasteiger partial charge is 0.381 e. The number of hydrogen-bond donors (Lipinski definition) is 0. The standard InChI is InChI=1S/C9H14O4.Zr/c1-6(10)8(12)13-7(11)5-9(2,3)4;/h5H2,1-4H3;. The van der Waals surface area contributed by atoms with Gasteiger partial charge in [0.1, 0.15) is 0 Å². The molecule has 0 aromatic heterocycles. The van der Waals surface area contributed by atoms with Crippen LogP contribution < -0.4 is 0 Å². The Kier molecular flexibility index (Phi) is 7.18. The first-order valence-corrected chi connectivity index (χ1v) is 3.98. The summed E-state index contributed by atoms with van der Waals surface area (Å²) in [4.78, 5) is 32.0. The average molecular weight is 277 g/mol. The third kappa shape index (κ3) is 8.30. The summed E-state index contributed by atoms with van der Waals surface area (Å²) in [6, 6.07) is 0. The molecular weight excluding hydrogens is 263 g/mol. The van der Waals surface area contributed by atoms with E-state index in [-0.39, 0.29) is 38.0 Å². The van der Waals surface area contributed by atoms with E-state index in [0.717, 1.165) is 6.92 Å². The number of ketones is 1. The van der Waals surface area contributed by atoms with Crippen molar-refractivity contribution in [3.8, 4) is 0 Å². The number of esters is 2. The predicted octanol–water partition coefficient (Wildman–Crippen LogP) is 1.08. The molecule has 0 unspecified atom stereocenters. The SMILES string of the molecule is CC(=O)C(=O)OC(=O)CC(C)(C)C.[Zr]. The summed E-state index contributed by atoms with van der Waals surface area (Å²) >= 11 is 0. The van der Waals surface area contributed by atoms with Crippen LogP contribution >= 0.6 is 0 Å². The second-order valence-corrected chi connectivity index (χ2v) is 4.06. The monoisotopic (exact) mass is 276 g/mol. The van der Waals surface area contributed by atoms with Gasteiger partial charge in [-0.2, -0.15) is 0 Å². The van der Waals surface area contributed by atoms with Crippen LogP contribution in [-0.2, 0) is 45.3 Å². The van der Waals surface area contributed by atoms with Gasteiger partial charge in [-0.05, 0) is 5.41 Å². The largest absolute Gasteiger partial charge is 0.387 e. The molecule has 0 saturated heterocycles. The van der Waals surface area contributed by atoms with Gasteiger partial charge in [0.25, 0.3) is 0 Å². The molecule has 0 radical (unpaired) electrons. The van der Waals surface area contributed by atoms with Crippen LogP contribution in [0, 0.1) is 5.41 Å². The molecule has 0 aromatic carbocycles. The number of Topliss-reactive ketones (excluding diaryl/α,β-unsaturated/α-hetero) is 1. The van der Waals surface area contributed by atoms with Crippen molar-refractivity contribution in [3.63, 3.8) is 0 Å². The van der Waals surface area contributed by atoms with E-state index in [4.69, 9.17) is 0 Å². The molecule has 0 heterocycles. The van der Waals surface area contributed by atoms with Crippen molar-refractivity contribution >= 4 is 17.7 Å². The molecule has 0 aliphatic carbocycles. The van der Waals surface area contributed by atoms with Crippen molar-refractivity contribution in [2.75, 3.05) is 0 Å². The summed E-state index contributed by atoms with van der Waals surface area (Å²) in [6.45, 7) is 6.58. The molecule has 0 saturated carbocycles. The van der Waals surface area contributed by atoms with Crippen LogP contribution in [0.25, 0.3) is 0 Å².